The van der Waals surface area contributed by atoms with Crippen molar-refractivity contribution < 1.29 is 31.0 Å². The van der Waals surface area contributed by atoms with Crippen LogP contribution in [0.1, 0.15) is 18.4 Å². The third kappa shape index (κ3) is 4.26. The smallest absolute Gasteiger partial charge is 0.326 e. The number of rotatable bonds is 4. The van der Waals surface area contributed by atoms with Gasteiger partial charge in [0.2, 0.25) is 15.9 Å². The third-order valence-electron chi connectivity index (χ3n) is 5.15. The standard InChI is InChI=1S/C19H17F3N4O4S/c20-19(21,22)13-3-1-4-14(11-13)23-18(27)12-7-9-26(10-8-12)31(28,29)16-6-2-5-15-17(16)25-30-24-15/h1-6,11-12H,7-10H2,(H,23,27). The van der Waals surface area contributed by atoms with Crippen LogP contribution in [0.2, 0.25) is 0 Å². The molecular formula is C19H17F3N4O4S. The van der Waals surface area contributed by atoms with Gasteiger partial charge in [-0.1, -0.05) is 12.1 Å². The van der Waals surface area contributed by atoms with Crippen molar-refractivity contribution in [2.24, 2.45) is 5.92 Å². The van der Waals surface area contributed by atoms with Crippen LogP contribution in [-0.4, -0.2) is 42.0 Å². The van der Waals surface area contributed by atoms with E-state index in [-0.39, 0.29) is 42.0 Å². The molecule has 3 aromatic rings. The van der Waals surface area contributed by atoms with E-state index in [2.05, 4.69) is 20.3 Å². The van der Waals surface area contributed by atoms with E-state index < -0.39 is 33.6 Å². The van der Waals surface area contributed by atoms with Crippen LogP contribution in [0.4, 0.5) is 18.9 Å². The maximum atomic E-state index is 13.0. The average molecular weight is 454 g/mol. The summed E-state index contributed by atoms with van der Waals surface area (Å²) in [5, 5.41) is 9.79. The van der Waals surface area contributed by atoms with Crippen LogP contribution in [0.3, 0.4) is 0 Å². The number of halogens is 3. The zero-order chi connectivity index (χ0) is 22.2. The van der Waals surface area contributed by atoms with Crippen molar-refractivity contribution in [1.29, 1.82) is 0 Å². The maximum Gasteiger partial charge on any atom is 0.416 e. The molecule has 2 aromatic carbocycles. The number of hydrogen-bond donors (Lipinski definition) is 1. The molecule has 0 aliphatic carbocycles. The molecule has 0 radical (unpaired) electrons. The van der Waals surface area contributed by atoms with E-state index in [1.807, 2.05) is 0 Å². The first-order valence-electron chi connectivity index (χ1n) is 9.36. The molecule has 164 valence electrons. The van der Waals surface area contributed by atoms with Gasteiger partial charge in [0.05, 0.1) is 5.56 Å². The molecule has 1 aromatic heterocycles. The number of carbonyl (C=O) groups excluding carboxylic acids is 1. The van der Waals surface area contributed by atoms with Crippen LogP contribution in [0.5, 0.6) is 0 Å². The molecule has 1 aliphatic rings. The number of anilines is 1. The van der Waals surface area contributed by atoms with E-state index in [1.165, 1.54) is 28.6 Å². The number of hydrogen-bond acceptors (Lipinski definition) is 6. The summed E-state index contributed by atoms with van der Waals surface area (Å²) >= 11 is 0. The predicted octanol–water partition coefficient (Wildman–Crippen LogP) is 3.28. The van der Waals surface area contributed by atoms with Crippen LogP contribution in [0.25, 0.3) is 11.0 Å². The minimum absolute atomic E-state index is 0.0295. The molecule has 0 unspecified atom stereocenters. The molecule has 1 saturated heterocycles. The van der Waals surface area contributed by atoms with Crippen molar-refractivity contribution >= 4 is 32.7 Å². The fourth-order valence-corrected chi connectivity index (χ4v) is 5.11. The van der Waals surface area contributed by atoms with Crippen molar-refractivity contribution in [1.82, 2.24) is 14.6 Å². The van der Waals surface area contributed by atoms with Crippen LogP contribution >= 0.6 is 0 Å². The Hall–Kier alpha value is -2.99. The summed E-state index contributed by atoms with van der Waals surface area (Å²) in [5.74, 6) is -0.968. The van der Waals surface area contributed by atoms with Gasteiger partial charge in [-0.05, 0) is 53.5 Å². The van der Waals surface area contributed by atoms with E-state index in [0.717, 1.165) is 12.1 Å². The summed E-state index contributed by atoms with van der Waals surface area (Å²) in [6, 6.07) is 8.90. The first-order chi connectivity index (χ1) is 14.7. The molecule has 8 nitrogen and oxygen atoms in total. The van der Waals surface area contributed by atoms with Crippen molar-refractivity contribution in [3.8, 4) is 0 Å². The highest BCUT2D eigenvalue weighted by molar-refractivity contribution is 7.89. The number of amides is 1. The maximum absolute atomic E-state index is 13.0. The highest BCUT2D eigenvalue weighted by Crippen LogP contribution is 2.31. The lowest BCUT2D eigenvalue weighted by molar-refractivity contribution is -0.137. The molecule has 12 heteroatoms. The van der Waals surface area contributed by atoms with Crippen LogP contribution in [0.15, 0.2) is 52.0 Å². The van der Waals surface area contributed by atoms with E-state index >= 15 is 0 Å². The zero-order valence-corrected chi connectivity index (χ0v) is 16.8. The van der Waals surface area contributed by atoms with E-state index in [9.17, 15) is 26.4 Å². The van der Waals surface area contributed by atoms with Crippen LogP contribution < -0.4 is 5.32 Å². The second-order valence-electron chi connectivity index (χ2n) is 7.13. The van der Waals surface area contributed by atoms with E-state index in [0.29, 0.717) is 5.52 Å². The van der Waals surface area contributed by atoms with Crippen molar-refractivity contribution in [3.63, 3.8) is 0 Å². The molecule has 1 fully saturated rings. The van der Waals surface area contributed by atoms with Gasteiger partial charge in [-0.3, -0.25) is 4.79 Å². The van der Waals surface area contributed by atoms with E-state index in [4.69, 9.17) is 0 Å². The van der Waals surface area contributed by atoms with Gasteiger partial charge in [0.1, 0.15) is 10.4 Å². The van der Waals surface area contributed by atoms with Crippen molar-refractivity contribution in [2.75, 3.05) is 18.4 Å². The Morgan fingerprint density at radius 1 is 1.10 bits per heavy atom. The van der Waals surface area contributed by atoms with E-state index in [1.54, 1.807) is 6.07 Å². The molecule has 4 rings (SSSR count). The van der Waals surface area contributed by atoms with Crippen LogP contribution in [-0.2, 0) is 21.0 Å². The van der Waals surface area contributed by atoms with Crippen molar-refractivity contribution in [2.45, 2.75) is 23.9 Å². The lowest BCUT2D eigenvalue weighted by atomic mass is 9.97. The molecule has 0 atom stereocenters. The largest absolute Gasteiger partial charge is 0.416 e. The second-order valence-corrected chi connectivity index (χ2v) is 9.04. The zero-order valence-electron chi connectivity index (χ0n) is 16.0. The second kappa shape index (κ2) is 7.93. The van der Waals surface area contributed by atoms with Gasteiger partial charge in [0, 0.05) is 24.7 Å². The Balaban J connectivity index is 1.43. The summed E-state index contributed by atoms with van der Waals surface area (Å²) in [7, 11) is -3.87. The fourth-order valence-electron chi connectivity index (χ4n) is 3.50. The monoisotopic (exact) mass is 454 g/mol. The number of benzene rings is 2. The third-order valence-corrected chi connectivity index (χ3v) is 7.08. The number of nitrogens with zero attached hydrogens (tertiary/aromatic N) is 3. The molecule has 1 aliphatic heterocycles. The lowest BCUT2D eigenvalue weighted by Crippen LogP contribution is -2.41. The number of alkyl halides is 3. The lowest BCUT2D eigenvalue weighted by Gasteiger charge is -2.30. The Morgan fingerprint density at radius 2 is 1.81 bits per heavy atom. The normalized spacial score (nSPS) is 16.5. The first kappa shape index (κ1) is 21.2. The van der Waals surface area contributed by atoms with Gasteiger partial charge in [0.25, 0.3) is 0 Å². The minimum Gasteiger partial charge on any atom is -0.326 e. The average Bonchev–Trinajstić information content (AvgIpc) is 3.22. The Morgan fingerprint density at radius 3 is 2.52 bits per heavy atom. The molecule has 1 N–H and O–H groups in total. The minimum atomic E-state index is -4.51. The summed E-state index contributed by atoms with van der Waals surface area (Å²) in [6.45, 7) is 0.176. The summed E-state index contributed by atoms with van der Waals surface area (Å²) in [4.78, 5) is 12.5. The van der Waals surface area contributed by atoms with Gasteiger partial charge in [-0.15, -0.1) is 0 Å². The summed E-state index contributed by atoms with van der Waals surface area (Å²) in [5.41, 5.74) is -0.369. The number of fused-ring (bicyclic) bond motifs is 1. The number of piperidine rings is 1. The van der Waals surface area contributed by atoms with Gasteiger partial charge in [0.15, 0.2) is 5.52 Å². The number of carbonyl (C=O) groups is 1. The number of nitrogens with one attached hydrogen (secondary N) is 1. The predicted molar refractivity (Wildman–Crippen MR) is 103 cm³/mol. The molecule has 0 bridgehead atoms. The van der Waals surface area contributed by atoms with Gasteiger partial charge < -0.3 is 5.32 Å². The topological polar surface area (TPSA) is 105 Å². The first-order valence-corrected chi connectivity index (χ1v) is 10.8. The van der Waals surface area contributed by atoms with Gasteiger partial charge >= 0.3 is 6.18 Å². The highest BCUT2D eigenvalue weighted by Gasteiger charge is 2.34. The number of sulfonamides is 1. The molecule has 31 heavy (non-hydrogen) atoms. The summed E-state index contributed by atoms with van der Waals surface area (Å²) < 4.78 is 70.4. The summed E-state index contributed by atoms with van der Waals surface area (Å²) in [6.07, 6.45) is -4.04. The highest BCUT2D eigenvalue weighted by atomic mass is 32.2. The number of aromatic nitrogens is 2. The van der Waals surface area contributed by atoms with Gasteiger partial charge in [-0.2, -0.15) is 17.5 Å². The Kier molecular flexibility index (Phi) is 5.43. The quantitative estimate of drug-likeness (QED) is 0.649. The molecular weight excluding hydrogens is 437 g/mol. The fraction of sp³-hybridized carbons (Fsp3) is 0.316. The van der Waals surface area contributed by atoms with Crippen molar-refractivity contribution in [3.05, 3.63) is 48.0 Å². The molecule has 1 amide bonds. The Bertz CT molecular complexity index is 1220. The van der Waals surface area contributed by atoms with Gasteiger partial charge in [-0.25, -0.2) is 13.0 Å². The SMILES string of the molecule is O=C(Nc1cccc(C(F)(F)F)c1)C1CCN(S(=O)(=O)c2cccc3nonc23)CC1. The molecule has 0 saturated carbocycles. The van der Waals surface area contributed by atoms with Crippen LogP contribution in [0, 0.1) is 5.92 Å². The Labute approximate surface area is 175 Å². The molecule has 0 spiro atoms. The molecule has 2 heterocycles.